The molecule has 146 valence electrons. The Labute approximate surface area is 166 Å². The molecule has 1 aromatic heterocycles. The number of benzene rings is 2. The van der Waals surface area contributed by atoms with Gasteiger partial charge in [0.25, 0.3) is 0 Å². The molecule has 0 radical (unpaired) electrons. The number of aromatic nitrogens is 2. The third-order valence-corrected chi connectivity index (χ3v) is 5.81. The van der Waals surface area contributed by atoms with Gasteiger partial charge in [-0.05, 0) is 67.8 Å². The molecule has 1 saturated carbocycles. The number of phenols is 2. The molecule has 4 heteroatoms. The molecule has 2 N–H and O–H groups in total. The van der Waals surface area contributed by atoms with Crippen LogP contribution < -0.4 is 0 Å². The highest BCUT2D eigenvalue weighted by Crippen LogP contribution is 2.38. The van der Waals surface area contributed by atoms with Crippen molar-refractivity contribution in [1.82, 2.24) is 9.78 Å². The van der Waals surface area contributed by atoms with Crippen LogP contribution in [-0.2, 0) is 6.42 Å². The lowest BCUT2D eigenvalue weighted by atomic mass is 9.99. The quantitative estimate of drug-likeness (QED) is 0.542. The first-order chi connectivity index (χ1) is 13.7. The molecule has 0 spiro atoms. The third-order valence-electron chi connectivity index (χ3n) is 5.81. The summed E-state index contributed by atoms with van der Waals surface area (Å²) in [5, 5.41) is 24.5. The van der Waals surface area contributed by atoms with Gasteiger partial charge in [0.15, 0.2) is 0 Å². The zero-order valence-corrected chi connectivity index (χ0v) is 16.4. The molecule has 4 nitrogen and oxygen atoms in total. The maximum Gasteiger partial charge on any atom is 0.115 e. The number of phenolic OH excluding ortho intramolecular Hbond substituents is 2. The SMILES string of the molecule is CCc1c(-c2ccc(O)cc2)nn(C2CCCCCC2)c1-c1ccc(O)cc1. The van der Waals surface area contributed by atoms with Crippen molar-refractivity contribution in [3.63, 3.8) is 0 Å². The van der Waals surface area contributed by atoms with E-state index in [1.165, 1.54) is 31.2 Å². The molecule has 1 fully saturated rings. The molecule has 0 bridgehead atoms. The number of hydrogen-bond donors (Lipinski definition) is 2. The van der Waals surface area contributed by atoms with Crippen molar-refractivity contribution in [3.05, 3.63) is 54.1 Å². The van der Waals surface area contributed by atoms with Gasteiger partial charge in [0.1, 0.15) is 11.5 Å². The second-order valence-electron chi connectivity index (χ2n) is 7.71. The fourth-order valence-electron chi connectivity index (χ4n) is 4.35. The van der Waals surface area contributed by atoms with Gasteiger partial charge in [-0.3, -0.25) is 4.68 Å². The Bertz CT molecular complexity index is 918. The van der Waals surface area contributed by atoms with Crippen LogP contribution in [0.25, 0.3) is 22.5 Å². The van der Waals surface area contributed by atoms with Crippen LogP contribution in [0.4, 0.5) is 0 Å². The molecule has 1 aliphatic carbocycles. The van der Waals surface area contributed by atoms with Crippen molar-refractivity contribution in [2.75, 3.05) is 0 Å². The molecule has 0 atom stereocenters. The molecule has 4 rings (SSSR count). The molecule has 0 unspecified atom stereocenters. The van der Waals surface area contributed by atoms with Crippen LogP contribution in [0.15, 0.2) is 48.5 Å². The summed E-state index contributed by atoms with van der Waals surface area (Å²) in [5.74, 6) is 0.546. The van der Waals surface area contributed by atoms with Gasteiger partial charge in [-0.2, -0.15) is 5.10 Å². The number of aromatic hydroxyl groups is 2. The van der Waals surface area contributed by atoms with Crippen molar-refractivity contribution in [2.24, 2.45) is 0 Å². The molecule has 1 aliphatic rings. The average Bonchev–Trinajstić information content (AvgIpc) is 2.89. The Morgan fingerprint density at radius 3 is 1.89 bits per heavy atom. The summed E-state index contributed by atoms with van der Waals surface area (Å²) in [5.41, 5.74) is 5.51. The van der Waals surface area contributed by atoms with Crippen molar-refractivity contribution < 1.29 is 10.2 Å². The van der Waals surface area contributed by atoms with Crippen molar-refractivity contribution in [2.45, 2.75) is 57.9 Å². The Morgan fingerprint density at radius 1 is 0.821 bits per heavy atom. The fraction of sp³-hybridized carbons (Fsp3) is 0.375. The van der Waals surface area contributed by atoms with Crippen LogP contribution in [-0.4, -0.2) is 20.0 Å². The summed E-state index contributed by atoms with van der Waals surface area (Å²) >= 11 is 0. The van der Waals surface area contributed by atoms with Crippen LogP contribution >= 0.6 is 0 Å². The van der Waals surface area contributed by atoms with Crippen LogP contribution in [0.5, 0.6) is 11.5 Å². The van der Waals surface area contributed by atoms with Crippen LogP contribution in [0.3, 0.4) is 0 Å². The number of rotatable bonds is 4. The predicted octanol–water partition coefficient (Wildman–Crippen LogP) is 6.09. The van der Waals surface area contributed by atoms with Crippen molar-refractivity contribution >= 4 is 0 Å². The Balaban J connectivity index is 1.89. The minimum atomic E-state index is 0.267. The summed E-state index contributed by atoms with van der Waals surface area (Å²) in [6.07, 6.45) is 8.29. The van der Waals surface area contributed by atoms with Gasteiger partial charge < -0.3 is 10.2 Å². The van der Waals surface area contributed by atoms with Crippen molar-refractivity contribution in [3.8, 4) is 34.0 Å². The first-order valence-corrected chi connectivity index (χ1v) is 10.4. The molecular weight excluding hydrogens is 348 g/mol. The lowest BCUT2D eigenvalue weighted by molar-refractivity contribution is 0.410. The van der Waals surface area contributed by atoms with Gasteiger partial charge in [0.2, 0.25) is 0 Å². The number of hydrogen-bond acceptors (Lipinski definition) is 3. The maximum absolute atomic E-state index is 9.75. The van der Waals surface area contributed by atoms with E-state index in [1.54, 1.807) is 24.3 Å². The largest absolute Gasteiger partial charge is 0.508 e. The number of nitrogens with zero attached hydrogens (tertiary/aromatic N) is 2. The predicted molar refractivity (Wildman–Crippen MR) is 113 cm³/mol. The topological polar surface area (TPSA) is 58.3 Å². The highest BCUT2D eigenvalue weighted by Gasteiger charge is 2.24. The van der Waals surface area contributed by atoms with E-state index in [9.17, 15) is 10.2 Å². The maximum atomic E-state index is 9.75. The molecule has 1 heterocycles. The van der Waals surface area contributed by atoms with E-state index in [2.05, 4.69) is 11.6 Å². The standard InChI is InChI=1S/C24H28N2O2/c1-2-22-23(17-9-13-20(27)14-10-17)25-26(19-7-5-3-4-6-8-19)24(22)18-11-15-21(28)16-12-18/h9-16,19,27-28H,2-8H2,1H3. The van der Waals surface area contributed by atoms with E-state index in [0.29, 0.717) is 6.04 Å². The lowest BCUT2D eigenvalue weighted by Crippen LogP contribution is -2.11. The molecule has 0 aliphatic heterocycles. The average molecular weight is 377 g/mol. The summed E-state index contributed by atoms with van der Waals surface area (Å²) in [6.45, 7) is 2.17. The van der Waals surface area contributed by atoms with E-state index in [-0.39, 0.29) is 11.5 Å². The molecule has 0 saturated heterocycles. The van der Waals surface area contributed by atoms with Gasteiger partial charge >= 0.3 is 0 Å². The monoisotopic (exact) mass is 376 g/mol. The summed E-state index contributed by atoms with van der Waals surface area (Å²) in [6, 6.07) is 15.2. The highest BCUT2D eigenvalue weighted by molar-refractivity contribution is 5.75. The van der Waals surface area contributed by atoms with Gasteiger partial charge in [-0.15, -0.1) is 0 Å². The first-order valence-electron chi connectivity index (χ1n) is 10.4. The molecular formula is C24H28N2O2. The van der Waals surface area contributed by atoms with E-state index in [4.69, 9.17) is 5.10 Å². The van der Waals surface area contributed by atoms with Gasteiger partial charge in [-0.1, -0.05) is 32.6 Å². The Morgan fingerprint density at radius 2 is 1.36 bits per heavy atom. The Hall–Kier alpha value is -2.75. The first kappa shape index (κ1) is 18.6. The summed E-state index contributed by atoms with van der Waals surface area (Å²) in [4.78, 5) is 0. The van der Waals surface area contributed by atoms with Crippen LogP contribution in [0.2, 0.25) is 0 Å². The van der Waals surface area contributed by atoms with E-state index in [0.717, 1.165) is 41.8 Å². The summed E-state index contributed by atoms with van der Waals surface area (Å²) in [7, 11) is 0. The third kappa shape index (κ3) is 3.64. The summed E-state index contributed by atoms with van der Waals surface area (Å²) < 4.78 is 2.25. The second kappa shape index (κ2) is 8.09. The fourth-order valence-corrected chi connectivity index (χ4v) is 4.35. The molecule has 2 aromatic carbocycles. The molecule has 28 heavy (non-hydrogen) atoms. The van der Waals surface area contributed by atoms with Crippen LogP contribution in [0.1, 0.15) is 57.1 Å². The van der Waals surface area contributed by atoms with E-state index in [1.807, 2.05) is 24.3 Å². The van der Waals surface area contributed by atoms with Gasteiger partial charge in [0.05, 0.1) is 17.4 Å². The minimum absolute atomic E-state index is 0.267. The lowest BCUT2D eigenvalue weighted by Gasteiger charge is -2.19. The zero-order chi connectivity index (χ0) is 19.5. The normalized spacial score (nSPS) is 15.5. The molecule has 3 aromatic rings. The van der Waals surface area contributed by atoms with E-state index < -0.39 is 0 Å². The second-order valence-corrected chi connectivity index (χ2v) is 7.71. The van der Waals surface area contributed by atoms with E-state index >= 15 is 0 Å². The minimum Gasteiger partial charge on any atom is -0.508 e. The van der Waals surface area contributed by atoms with Gasteiger partial charge in [0, 0.05) is 16.7 Å². The smallest absolute Gasteiger partial charge is 0.115 e. The highest BCUT2D eigenvalue weighted by atomic mass is 16.3. The van der Waals surface area contributed by atoms with Crippen molar-refractivity contribution in [1.29, 1.82) is 0 Å². The van der Waals surface area contributed by atoms with Crippen LogP contribution in [0, 0.1) is 0 Å². The zero-order valence-electron chi connectivity index (χ0n) is 16.4. The molecule has 0 amide bonds. The van der Waals surface area contributed by atoms with Gasteiger partial charge in [-0.25, -0.2) is 0 Å². The Kier molecular flexibility index (Phi) is 5.38.